The van der Waals surface area contributed by atoms with Crippen molar-refractivity contribution in [1.29, 1.82) is 0 Å². The van der Waals surface area contributed by atoms with Gasteiger partial charge in [0.25, 0.3) is 0 Å². The lowest BCUT2D eigenvalue weighted by molar-refractivity contribution is -0.662. The molecule has 0 aliphatic carbocycles. The van der Waals surface area contributed by atoms with Gasteiger partial charge in [0.05, 0.1) is 0 Å². The van der Waals surface area contributed by atoms with Gasteiger partial charge in [-0.3, -0.25) is 0 Å². The van der Waals surface area contributed by atoms with E-state index in [1.54, 1.807) is 0 Å². The summed E-state index contributed by atoms with van der Waals surface area (Å²) < 4.78 is 309. The van der Waals surface area contributed by atoms with Crippen molar-refractivity contribution in [3.05, 3.63) is 195 Å². The number of benzene rings is 6. The van der Waals surface area contributed by atoms with Gasteiger partial charge in [-0.05, 0) is 36.4 Å². The van der Waals surface area contributed by atoms with E-state index in [1.807, 2.05) is 36.5 Å². The standard InChI is InChI=1S/C24BF20.C16H13FN/c26-5-1(6(27)14(35)21(42)13(5)34)25(2-7(28)15(36)22(43)16(37)8(2)29,3-9(30)17(38)23(44)18(39)10(3)31)4-11(32)19(40)24(45)20(41)12(4)33;17-15-9-7-13(8-10-15)12-18-11-3-5-14-4-1-2-6-16(14)18/h;1-11H,12H2/q-1;+1. The molecule has 0 amide bonds. The quantitative estimate of drug-likeness (QED) is 0.0516. The number of nitrogens with zero attached hydrogens (tertiary/aromatic N) is 1. The number of hydrogen-bond donors (Lipinski definition) is 0. The zero-order chi connectivity index (χ0) is 46.7. The fourth-order valence-corrected chi connectivity index (χ4v) is 7.02. The molecule has 0 atom stereocenters. The third-order valence-electron chi connectivity index (χ3n) is 9.76. The number of halogens is 21. The molecule has 1 heterocycles. The van der Waals surface area contributed by atoms with E-state index < -0.39 is 144 Å². The lowest BCUT2D eigenvalue weighted by Gasteiger charge is -2.44. The van der Waals surface area contributed by atoms with Crippen LogP contribution in [0.5, 0.6) is 0 Å². The number of hydrogen-bond acceptors (Lipinski definition) is 0. The Labute approximate surface area is 336 Å². The largest absolute Gasteiger partial charge is 0.212 e. The second kappa shape index (κ2) is 16.9. The minimum atomic E-state index is -7.22. The van der Waals surface area contributed by atoms with Gasteiger partial charge in [-0.25, -0.2) is 92.2 Å². The monoisotopic (exact) mass is 917 g/mol. The van der Waals surface area contributed by atoms with E-state index in [0.29, 0.717) is 0 Å². The van der Waals surface area contributed by atoms with Crippen LogP contribution >= 0.6 is 0 Å². The Morgan fingerprint density at radius 1 is 0.302 bits per heavy atom. The van der Waals surface area contributed by atoms with Gasteiger partial charge in [0.15, 0.2) is 82.5 Å². The minimum Gasteiger partial charge on any atom is -0.207 e. The highest BCUT2D eigenvalue weighted by molar-refractivity contribution is 7.20. The molecule has 0 fully saturated rings. The maximum Gasteiger partial charge on any atom is 0.212 e. The lowest BCUT2D eigenvalue weighted by atomic mass is 9.12. The molecule has 328 valence electrons. The second-order valence-corrected chi connectivity index (χ2v) is 13.1. The Hall–Kier alpha value is -6.68. The minimum absolute atomic E-state index is 0.193. The molecule has 23 heteroatoms. The molecule has 63 heavy (non-hydrogen) atoms. The number of aromatic nitrogens is 1. The van der Waals surface area contributed by atoms with E-state index in [1.165, 1.54) is 23.0 Å². The van der Waals surface area contributed by atoms with Crippen molar-refractivity contribution in [2.24, 2.45) is 0 Å². The molecule has 0 spiro atoms. The van der Waals surface area contributed by atoms with Gasteiger partial charge in [-0.15, -0.1) is 21.9 Å². The molecule has 6 aromatic carbocycles. The van der Waals surface area contributed by atoms with Crippen LogP contribution in [0.4, 0.5) is 92.2 Å². The van der Waals surface area contributed by atoms with Crippen LogP contribution in [0.1, 0.15) is 5.56 Å². The van der Waals surface area contributed by atoms with Crippen LogP contribution in [0.25, 0.3) is 10.9 Å². The molecule has 1 aromatic heterocycles. The highest BCUT2D eigenvalue weighted by Crippen LogP contribution is 2.31. The Morgan fingerprint density at radius 2 is 0.571 bits per heavy atom. The van der Waals surface area contributed by atoms with E-state index in [4.69, 9.17) is 0 Å². The molecule has 0 saturated heterocycles. The van der Waals surface area contributed by atoms with Crippen LogP contribution < -0.4 is 26.4 Å². The topological polar surface area (TPSA) is 3.88 Å². The SMILES string of the molecule is Fc1c(F)c(F)c([B-](c2c(F)c(F)c(F)c(F)c2F)(c2c(F)c(F)c(F)c(F)c2F)c2c(F)c(F)c(F)c(F)c2F)c(F)c1F.Fc1ccc(C[n+]2cccc3ccccc32)cc1. The fraction of sp³-hybridized carbons (Fsp3) is 0.0250. The van der Waals surface area contributed by atoms with E-state index in [0.717, 1.165) is 12.1 Å². The number of para-hydroxylation sites is 1. The van der Waals surface area contributed by atoms with E-state index in [9.17, 15) is 57.1 Å². The summed E-state index contributed by atoms with van der Waals surface area (Å²) in [6.07, 6.45) is -5.17. The molecule has 0 aliphatic rings. The van der Waals surface area contributed by atoms with Gasteiger partial charge in [-0.2, -0.15) is 4.57 Å². The normalized spacial score (nSPS) is 11.6. The van der Waals surface area contributed by atoms with Gasteiger partial charge in [-0.1, -0.05) is 12.1 Å². The van der Waals surface area contributed by atoms with Crippen LogP contribution in [-0.4, -0.2) is 6.15 Å². The third-order valence-corrected chi connectivity index (χ3v) is 9.76. The zero-order valence-corrected chi connectivity index (χ0v) is 30.0. The number of fused-ring (bicyclic) bond motifs is 1. The van der Waals surface area contributed by atoms with Crippen LogP contribution in [0.2, 0.25) is 0 Å². The summed E-state index contributed by atoms with van der Waals surface area (Å²) in [6, 6.07) is 19.0. The highest BCUT2D eigenvalue weighted by atomic mass is 19.2. The Balaban J connectivity index is 0.000000302. The van der Waals surface area contributed by atoms with E-state index in [-0.39, 0.29) is 5.82 Å². The van der Waals surface area contributed by atoms with Gasteiger partial charge < -0.3 is 0 Å². The van der Waals surface area contributed by atoms with Crippen molar-refractivity contribution >= 4 is 38.9 Å². The zero-order valence-electron chi connectivity index (χ0n) is 30.0. The molecule has 0 bridgehead atoms. The maximum atomic E-state index is 15.4. The summed E-state index contributed by atoms with van der Waals surface area (Å²) >= 11 is 0. The summed E-state index contributed by atoms with van der Waals surface area (Å²) in [4.78, 5) is 0. The molecule has 0 N–H and O–H groups in total. The molecule has 0 radical (unpaired) electrons. The van der Waals surface area contributed by atoms with Crippen molar-refractivity contribution < 1.29 is 96.8 Å². The maximum absolute atomic E-state index is 15.4. The molecule has 1 nitrogen and oxygen atoms in total. The average Bonchev–Trinajstić information content (AvgIpc) is 3.27. The molecule has 7 aromatic rings. The first-order chi connectivity index (χ1) is 29.5. The van der Waals surface area contributed by atoms with Crippen LogP contribution in [0, 0.1) is 122 Å². The first-order valence-electron chi connectivity index (χ1n) is 16.9. The second-order valence-electron chi connectivity index (χ2n) is 13.1. The van der Waals surface area contributed by atoms with E-state index >= 15 is 35.1 Å². The van der Waals surface area contributed by atoms with Crippen molar-refractivity contribution in [2.45, 2.75) is 6.54 Å². The molecule has 7 rings (SSSR count). The van der Waals surface area contributed by atoms with Crippen molar-refractivity contribution in [3.8, 4) is 0 Å². The number of rotatable bonds is 6. The average molecular weight is 917 g/mol. The van der Waals surface area contributed by atoms with Crippen molar-refractivity contribution in [3.63, 3.8) is 0 Å². The van der Waals surface area contributed by atoms with Gasteiger partial charge in [0.1, 0.15) is 58.5 Å². The molecule has 0 unspecified atom stereocenters. The Kier molecular flexibility index (Phi) is 12.3. The highest BCUT2D eigenvalue weighted by Gasteiger charge is 2.52. The smallest absolute Gasteiger partial charge is 0.207 e. The predicted molar refractivity (Wildman–Crippen MR) is 179 cm³/mol. The molecular formula is C40H13BF21N. The summed E-state index contributed by atoms with van der Waals surface area (Å²) in [7, 11) is 0. The predicted octanol–water partition coefficient (Wildman–Crippen LogP) is 9.16. The molecule has 0 saturated carbocycles. The summed E-state index contributed by atoms with van der Waals surface area (Å²) in [5.74, 6) is -71.6. The Bertz CT molecular complexity index is 2610. The van der Waals surface area contributed by atoms with Gasteiger partial charge >= 0.3 is 0 Å². The van der Waals surface area contributed by atoms with Crippen LogP contribution in [0.15, 0.2) is 66.9 Å². The summed E-state index contributed by atoms with van der Waals surface area (Å²) in [5, 5.41) is 1.21. The molecule has 0 aliphatic heterocycles. The van der Waals surface area contributed by atoms with Gasteiger partial charge in [0.2, 0.25) is 5.52 Å². The van der Waals surface area contributed by atoms with Crippen molar-refractivity contribution in [1.82, 2.24) is 0 Å². The lowest BCUT2D eigenvalue weighted by Crippen LogP contribution is -2.81. The first-order valence-corrected chi connectivity index (χ1v) is 16.9. The summed E-state index contributed by atoms with van der Waals surface area (Å²) in [6.45, 7) is 0.752. The van der Waals surface area contributed by atoms with Crippen LogP contribution in [0.3, 0.4) is 0 Å². The third kappa shape index (κ3) is 7.15. The first kappa shape index (κ1) is 45.8. The van der Waals surface area contributed by atoms with Crippen LogP contribution in [-0.2, 0) is 6.54 Å². The van der Waals surface area contributed by atoms with E-state index in [2.05, 4.69) is 22.8 Å². The fourth-order valence-electron chi connectivity index (χ4n) is 7.02. The van der Waals surface area contributed by atoms with Gasteiger partial charge in [0, 0.05) is 23.1 Å². The number of pyridine rings is 1. The molecular weight excluding hydrogens is 904 g/mol. The van der Waals surface area contributed by atoms with Crippen molar-refractivity contribution in [2.75, 3.05) is 0 Å². The summed E-state index contributed by atoms with van der Waals surface area (Å²) in [5.41, 5.74) is -12.0. The Morgan fingerprint density at radius 3 is 0.889 bits per heavy atom.